The first-order valence-electron chi connectivity index (χ1n) is 7.35. The van der Waals surface area contributed by atoms with Crippen molar-refractivity contribution in [3.63, 3.8) is 0 Å². The number of nitrogens with zero attached hydrogens (tertiary/aromatic N) is 3. The van der Waals surface area contributed by atoms with E-state index in [1.54, 1.807) is 37.3 Å². The number of nitro groups is 1. The van der Waals surface area contributed by atoms with Crippen molar-refractivity contribution in [1.29, 1.82) is 0 Å². The maximum Gasteiger partial charge on any atom is 0.362 e. The highest BCUT2D eigenvalue weighted by Crippen LogP contribution is 2.22. The molecule has 0 aliphatic carbocycles. The Kier molecular flexibility index (Phi) is 5.94. The summed E-state index contributed by atoms with van der Waals surface area (Å²) in [6, 6.07) is 13.7. The lowest BCUT2D eigenvalue weighted by molar-refractivity contribution is -0.384. The van der Waals surface area contributed by atoms with Gasteiger partial charge in [0.1, 0.15) is 0 Å². The van der Waals surface area contributed by atoms with Gasteiger partial charge in [0.25, 0.3) is 5.69 Å². The second-order valence-electron chi connectivity index (χ2n) is 4.76. The molecule has 0 atom stereocenters. The average Bonchev–Trinajstić information content (AvgIpc) is 2.63. The van der Waals surface area contributed by atoms with E-state index in [2.05, 4.69) is 10.2 Å². The van der Waals surface area contributed by atoms with Crippen LogP contribution in [0.4, 0.5) is 11.4 Å². The molecule has 0 aromatic heterocycles. The molecule has 0 bridgehead atoms. The van der Waals surface area contributed by atoms with Crippen molar-refractivity contribution in [2.75, 3.05) is 6.61 Å². The molecule has 0 saturated heterocycles. The Labute approximate surface area is 143 Å². The van der Waals surface area contributed by atoms with E-state index in [-0.39, 0.29) is 29.4 Å². The van der Waals surface area contributed by atoms with Crippen LogP contribution < -0.4 is 0 Å². The summed E-state index contributed by atoms with van der Waals surface area (Å²) >= 11 is 0. The maximum absolute atomic E-state index is 12.0. The first-order valence-corrected chi connectivity index (χ1v) is 7.35. The van der Waals surface area contributed by atoms with Crippen LogP contribution in [0, 0.1) is 10.1 Å². The third-order valence-corrected chi connectivity index (χ3v) is 3.07. The summed E-state index contributed by atoms with van der Waals surface area (Å²) in [5.74, 6) is -1.20. The van der Waals surface area contributed by atoms with Gasteiger partial charge in [-0.1, -0.05) is 30.3 Å². The SMILES string of the molecule is CCOC(=O)/C(N=Nc1ccc([N+](=O)[O-])cc1)=C(/O)c1ccccc1. The minimum atomic E-state index is -0.825. The van der Waals surface area contributed by atoms with E-state index in [4.69, 9.17) is 4.74 Å². The molecule has 25 heavy (non-hydrogen) atoms. The fourth-order valence-electron chi connectivity index (χ4n) is 1.87. The lowest BCUT2D eigenvalue weighted by Gasteiger charge is -2.05. The third kappa shape index (κ3) is 4.71. The Morgan fingerprint density at radius 1 is 1.16 bits per heavy atom. The van der Waals surface area contributed by atoms with E-state index in [9.17, 15) is 20.0 Å². The minimum absolute atomic E-state index is 0.0905. The van der Waals surface area contributed by atoms with Gasteiger partial charge in [-0.15, -0.1) is 5.11 Å². The molecule has 128 valence electrons. The topological polar surface area (TPSA) is 114 Å². The van der Waals surface area contributed by atoms with Gasteiger partial charge in [0, 0.05) is 17.7 Å². The monoisotopic (exact) mass is 341 g/mol. The number of carbonyl (C=O) groups is 1. The second kappa shape index (κ2) is 8.34. The van der Waals surface area contributed by atoms with Crippen molar-refractivity contribution in [2.24, 2.45) is 10.2 Å². The molecule has 2 rings (SSSR count). The number of non-ortho nitro benzene ring substituents is 1. The molecule has 0 amide bonds. The lowest BCUT2D eigenvalue weighted by atomic mass is 10.1. The van der Waals surface area contributed by atoms with Gasteiger partial charge < -0.3 is 9.84 Å². The van der Waals surface area contributed by atoms with Gasteiger partial charge in [-0.2, -0.15) is 5.11 Å². The Balaban J connectivity index is 2.36. The Hall–Kier alpha value is -3.55. The zero-order chi connectivity index (χ0) is 18.2. The van der Waals surface area contributed by atoms with Crippen LogP contribution in [-0.2, 0) is 9.53 Å². The van der Waals surface area contributed by atoms with Gasteiger partial charge in [-0.3, -0.25) is 10.1 Å². The summed E-state index contributed by atoms with van der Waals surface area (Å²) in [5, 5.41) is 28.6. The van der Waals surface area contributed by atoms with Crippen molar-refractivity contribution in [3.8, 4) is 0 Å². The van der Waals surface area contributed by atoms with Crippen LogP contribution in [0.2, 0.25) is 0 Å². The van der Waals surface area contributed by atoms with E-state index in [1.165, 1.54) is 24.3 Å². The number of aliphatic hydroxyl groups is 1. The van der Waals surface area contributed by atoms with Crippen molar-refractivity contribution in [1.82, 2.24) is 0 Å². The fraction of sp³-hybridized carbons (Fsp3) is 0.118. The quantitative estimate of drug-likeness (QED) is 0.211. The molecule has 0 unspecified atom stereocenters. The van der Waals surface area contributed by atoms with Gasteiger partial charge in [0.05, 0.1) is 17.2 Å². The molecular formula is C17H15N3O5. The van der Waals surface area contributed by atoms with Crippen molar-refractivity contribution in [3.05, 3.63) is 76.0 Å². The van der Waals surface area contributed by atoms with Crippen LogP contribution in [0.3, 0.4) is 0 Å². The summed E-state index contributed by atoms with van der Waals surface area (Å²) in [5.41, 5.74) is 0.222. The van der Waals surface area contributed by atoms with Crippen LogP contribution in [-0.4, -0.2) is 22.6 Å². The van der Waals surface area contributed by atoms with Crippen molar-refractivity contribution >= 4 is 23.1 Å². The molecule has 0 heterocycles. The zero-order valence-corrected chi connectivity index (χ0v) is 13.3. The number of hydrogen-bond acceptors (Lipinski definition) is 7. The largest absolute Gasteiger partial charge is 0.505 e. The molecule has 0 fully saturated rings. The average molecular weight is 341 g/mol. The summed E-state index contributed by atoms with van der Waals surface area (Å²) in [6.45, 7) is 1.74. The maximum atomic E-state index is 12.0. The number of nitro benzene ring substituents is 1. The van der Waals surface area contributed by atoms with E-state index < -0.39 is 10.9 Å². The number of hydrogen-bond donors (Lipinski definition) is 1. The van der Waals surface area contributed by atoms with Crippen molar-refractivity contribution in [2.45, 2.75) is 6.92 Å². The number of ether oxygens (including phenoxy) is 1. The summed E-state index contributed by atoms with van der Waals surface area (Å²) in [7, 11) is 0. The number of benzene rings is 2. The number of carbonyl (C=O) groups excluding carboxylic acids is 1. The predicted octanol–water partition coefficient (Wildman–Crippen LogP) is 4.17. The highest BCUT2D eigenvalue weighted by molar-refractivity contribution is 5.95. The molecule has 2 aromatic rings. The van der Waals surface area contributed by atoms with E-state index >= 15 is 0 Å². The molecule has 2 aromatic carbocycles. The smallest absolute Gasteiger partial charge is 0.362 e. The number of rotatable bonds is 6. The van der Waals surface area contributed by atoms with Crippen LogP contribution in [0.5, 0.6) is 0 Å². The Morgan fingerprint density at radius 2 is 1.80 bits per heavy atom. The highest BCUT2D eigenvalue weighted by atomic mass is 16.6. The lowest BCUT2D eigenvalue weighted by Crippen LogP contribution is -2.08. The standard InChI is InChI=1S/C17H15N3O5/c1-2-25-17(22)15(16(21)12-6-4-3-5-7-12)19-18-13-8-10-14(11-9-13)20(23)24/h3-11,21H,2H2,1H3/b16-15-,19-18?. The minimum Gasteiger partial charge on any atom is -0.505 e. The molecule has 0 spiro atoms. The summed E-state index contributed by atoms with van der Waals surface area (Å²) < 4.78 is 4.89. The molecular weight excluding hydrogens is 326 g/mol. The van der Waals surface area contributed by atoms with E-state index in [0.29, 0.717) is 5.56 Å². The van der Waals surface area contributed by atoms with Gasteiger partial charge in [0.15, 0.2) is 5.76 Å². The molecule has 0 aliphatic rings. The zero-order valence-electron chi connectivity index (χ0n) is 13.3. The first kappa shape index (κ1) is 17.8. The van der Waals surface area contributed by atoms with Crippen molar-refractivity contribution < 1.29 is 19.6 Å². The van der Waals surface area contributed by atoms with E-state index in [1.807, 2.05) is 0 Å². The summed E-state index contributed by atoms with van der Waals surface area (Å²) in [6.07, 6.45) is 0. The Morgan fingerprint density at radius 3 is 2.36 bits per heavy atom. The van der Waals surface area contributed by atoms with Crippen LogP contribution >= 0.6 is 0 Å². The molecule has 0 saturated carbocycles. The highest BCUT2D eigenvalue weighted by Gasteiger charge is 2.18. The van der Waals surface area contributed by atoms with E-state index in [0.717, 1.165) is 0 Å². The molecule has 1 N–H and O–H groups in total. The predicted molar refractivity (Wildman–Crippen MR) is 90.2 cm³/mol. The number of aliphatic hydroxyl groups excluding tert-OH is 1. The van der Waals surface area contributed by atoms with Gasteiger partial charge >= 0.3 is 5.97 Å². The normalized spacial score (nSPS) is 11.9. The van der Waals surface area contributed by atoms with Crippen LogP contribution in [0.25, 0.3) is 5.76 Å². The second-order valence-corrected chi connectivity index (χ2v) is 4.76. The van der Waals surface area contributed by atoms with Gasteiger partial charge in [0.2, 0.25) is 5.70 Å². The van der Waals surface area contributed by atoms with Crippen LogP contribution in [0.1, 0.15) is 12.5 Å². The van der Waals surface area contributed by atoms with Gasteiger partial charge in [-0.25, -0.2) is 4.79 Å². The molecule has 8 nitrogen and oxygen atoms in total. The molecule has 8 heteroatoms. The number of esters is 1. The fourth-order valence-corrected chi connectivity index (χ4v) is 1.87. The third-order valence-electron chi connectivity index (χ3n) is 3.07. The van der Waals surface area contributed by atoms with Crippen LogP contribution in [0.15, 0.2) is 70.5 Å². The number of azo groups is 1. The molecule has 0 radical (unpaired) electrons. The molecule has 0 aliphatic heterocycles. The first-order chi connectivity index (χ1) is 12.0. The summed E-state index contributed by atoms with van der Waals surface area (Å²) in [4.78, 5) is 22.1. The van der Waals surface area contributed by atoms with Gasteiger partial charge in [-0.05, 0) is 19.1 Å². The Bertz CT molecular complexity index is 814.